The number of nitrogens with one attached hydrogen (secondary N) is 1. The molecule has 1 amide bonds. The molecular formula is C18H21N3O3S. The Kier molecular flexibility index (Phi) is 4.87. The molecule has 0 aliphatic carbocycles. The van der Waals surface area contributed by atoms with E-state index in [2.05, 4.69) is 10.3 Å². The standard InChI is InChI=1S/C18H21N3O3S/c1-13-5-7-15(8-6-13)17-11-21(12-18(17)20-14(2)22)25(23,24)16-4-3-9-19-10-16/h3-10,17-18H,11-12H2,1-2H3,(H,20,22)/t17-,18+/m0/s1. The molecule has 3 rings (SSSR count). The normalized spacial score (nSPS) is 21.2. The van der Waals surface area contributed by atoms with E-state index in [9.17, 15) is 13.2 Å². The van der Waals surface area contributed by atoms with Gasteiger partial charge in [0.15, 0.2) is 0 Å². The minimum Gasteiger partial charge on any atom is -0.352 e. The molecule has 2 heterocycles. The van der Waals surface area contributed by atoms with Gasteiger partial charge in [-0.15, -0.1) is 0 Å². The molecule has 1 aromatic heterocycles. The number of sulfonamides is 1. The van der Waals surface area contributed by atoms with Crippen molar-refractivity contribution in [3.05, 3.63) is 59.9 Å². The molecule has 0 bridgehead atoms. The number of carbonyl (C=O) groups is 1. The summed E-state index contributed by atoms with van der Waals surface area (Å²) in [6.07, 6.45) is 2.89. The third kappa shape index (κ3) is 3.72. The van der Waals surface area contributed by atoms with Crippen LogP contribution in [0.3, 0.4) is 0 Å². The lowest BCUT2D eigenvalue weighted by Gasteiger charge is -2.19. The Morgan fingerprint density at radius 1 is 1.20 bits per heavy atom. The average Bonchev–Trinajstić information content (AvgIpc) is 3.00. The topological polar surface area (TPSA) is 79.4 Å². The summed E-state index contributed by atoms with van der Waals surface area (Å²) in [4.78, 5) is 15.6. The second-order valence-electron chi connectivity index (χ2n) is 6.33. The molecule has 1 aliphatic heterocycles. The van der Waals surface area contributed by atoms with Crippen molar-refractivity contribution in [2.75, 3.05) is 13.1 Å². The summed E-state index contributed by atoms with van der Waals surface area (Å²) in [6.45, 7) is 4.02. The molecule has 0 radical (unpaired) electrons. The second kappa shape index (κ2) is 6.93. The lowest BCUT2D eigenvalue weighted by atomic mass is 9.93. The van der Waals surface area contributed by atoms with Gasteiger partial charge in [-0.25, -0.2) is 8.42 Å². The number of aryl methyl sites for hydroxylation is 1. The van der Waals surface area contributed by atoms with E-state index >= 15 is 0 Å². The Hall–Kier alpha value is -2.25. The van der Waals surface area contributed by atoms with E-state index < -0.39 is 10.0 Å². The highest BCUT2D eigenvalue weighted by atomic mass is 32.2. The molecule has 1 fully saturated rings. The van der Waals surface area contributed by atoms with Crippen LogP contribution in [0.2, 0.25) is 0 Å². The maximum absolute atomic E-state index is 12.9. The lowest BCUT2D eigenvalue weighted by molar-refractivity contribution is -0.119. The molecule has 7 heteroatoms. The molecule has 25 heavy (non-hydrogen) atoms. The number of carbonyl (C=O) groups excluding carboxylic acids is 1. The number of hydrogen-bond donors (Lipinski definition) is 1. The van der Waals surface area contributed by atoms with E-state index in [0.29, 0.717) is 6.54 Å². The number of pyridine rings is 1. The van der Waals surface area contributed by atoms with Gasteiger partial charge in [0.2, 0.25) is 15.9 Å². The first-order valence-electron chi connectivity index (χ1n) is 8.12. The molecule has 1 aromatic carbocycles. The van der Waals surface area contributed by atoms with Crippen LogP contribution >= 0.6 is 0 Å². The smallest absolute Gasteiger partial charge is 0.244 e. The van der Waals surface area contributed by atoms with Gasteiger partial charge in [-0.1, -0.05) is 29.8 Å². The summed E-state index contributed by atoms with van der Waals surface area (Å²) in [5.41, 5.74) is 2.16. The van der Waals surface area contributed by atoms with Crippen molar-refractivity contribution in [3.8, 4) is 0 Å². The van der Waals surface area contributed by atoms with E-state index in [1.54, 1.807) is 6.07 Å². The summed E-state index contributed by atoms with van der Waals surface area (Å²) < 4.78 is 27.2. The van der Waals surface area contributed by atoms with Gasteiger partial charge in [-0.05, 0) is 24.6 Å². The number of nitrogens with zero attached hydrogens (tertiary/aromatic N) is 2. The molecule has 6 nitrogen and oxygen atoms in total. The predicted octanol–water partition coefficient (Wildman–Crippen LogP) is 1.68. The van der Waals surface area contributed by atoms with Crippen LogP contribution in [0.15, 0.2) is 53.7 Å². The van der Waals surface area contributed by atoms with Crippen LogP contribution in [-0.4, -0.2) is 42.7 Å². The highest BCUT2D eigenvalue weighted by molar-refractivity contribution is 7.89. The zero-order valence-corrected chi connectivity index (χ0v) is 15.0. The van der Waals surface area contributed by atoms with Gasteiger partial charge in [0.05, 0.1) is 6.04 Å². The van der Waals surface area contributed by atoms with Crippen molar-refractivity contribution >= 4 is 15.9 Å². The van der Waals surface area contributed by atoms with Crippen LogP contribution in [0.5, 0.6) is 0 Å². The molecule has 1 aliphatic rings. The van der Waals surface area contributed by atoms with Crippen LogP contribution in [0, 0.1) is 6.92 Å². The Bertz CT molecular complexity index is 851. The Balaban J connectivity index is 1.91. The van der Waals surface area contributed by atoms with Gasteiger partial charge in [0.25, 0.3) is 0 Å². The molecule has 1 saturated heterocycles. The zero-order chi connectivity index (χ0) is 18.0. The molecule has 0 saturated carbocycles. The van der Waals surface area contributed by atoms with Crippen molar-refractivity contribution < 1.29 is 13.2 Å². The molecule has 2 aromatic rings. The maximum atomic E-state index is 12.9. The maximum Gasteiger partial charge on any atom is 0.244 e. The highest BCUT2D eigenvalue weighted by Gasteiger charge is 2.40. The first-order valence-corrected chi connectivity index (χ1v) is 9.56. The Morgan fingerprint density at radius 3 is 2.52 bits per heavy atom. The van der Waals surface area contributed by atoms with E-state index in [0.717, 1.165) is 11.1 Å². The second-order valence-corrected chi connectivity index (χ2v) is 8.27. The highest BCUT2D eigenvalue weighted by Crippen LogP contribution is 2.31. The van der Waals surface area contributed by atoms with Crippen LogP contribution in [0.25, 0.3) is 0 Å². The van der Waals surface area contributed by atoms with Crippen molar-refractivity contribution in [1.82, 2.24) is 14.6 Å². The molecular weight excluding hydrogens is 338 g/mol. The average molecular weight is 359 g/mol. The largest absolute Gasteiger partial charge is 0.352 e. The summed E-state index contributed by atoms with van der Waals surface area (Å²) in [7, 11) is -3.64. The molecule has 132 valence electrons. The zero-order valence-electron chi connectivity index (χ0n) is 14.2. The van der Waals surface area contributed by atoms with E-state index in [1.807, 2.05) is 31.2 Å². The summed E-state index contributed by atoms with van der Waals surface area (Å²) in [6, 6.07) is 10.9. The van der Waals surface area contributed by atoms with Gasteiger partial charge in [0, 0.05) is 38.3 Å². The number of rotatable bonds is 4. The minimum absolute atomic E-state index is 0.0871. The van der Waals surface area contributed by atoms with E-state index in [-0.39, 0.29) is 29.3 Å². The molecule has 0 unspecified atom stereocenters. The first kappa shape index (κ1) is 17.6. The van der Waals surface area contributed by atoms with Crippen molar-refractivity contribution in [2.24, 2.45) is 0 Å². The van der Waals surface area contributed by atoms with Crippen molar-refractivity contribution in [2.45, 2.75) is 30.7 Å². The third-order valence-electron chi connectivity index (χ3n) is 4.45. The van der Waals surface area contributed by atoms with Gasteiger partial charge in [0.1, 0.15) is 4.90 Å². The quantitative estimate of drug-likeness (QED) is 0.901. The lowest BCUT2D eigenvalue weighted by Crippen LogP contribution is -2.39. The summed E-state index contributed by atoms with van der Waals surface area (Å²) >= 11 is 0. The Morgan fingerprint density at radius 2 is 1.92 bits per heavy atom. The number of benzene rings is 1. The van der Waals surface area contributed by atoms with E-state index in [4.69, 9.17) is 0 Å². The van der Waals surface area contributed by atoms with Gasteiger partial charge < -0.3 is 5.32 Å². The fraction of sp³-hybridized carbons (Fsp3) is 0.333. The van der Waals surface area contributed by atoms with Crippen LogP contribution in [0.4, 0.5) is 0 Å². The monoisotopic (exact) mass is 359 g/mol. The van der Waals surface area contributed by atoms with Gasteiger partial charge in [-0.3, -0.25) is 9.78 Å². The number of hydrogen-bond acceptors (Lipinski definition) is 4. The van der Waals surface area contributed by atoms with Gasteiger partial charge in [-0.2, -0.15) is 4.31 Å². The third-order valence-corrected chi connectivity index (χ3v) is 6.27. The summed E-state index contributed by atoms with van der Waals surface area (Å²) in [5.74, 6) is -0.251. The van der Waals surface area contributed by atoms with E-state index in [1.165, 1.54) is 29.7 Å². The Labute approximate surface area is 147 Å². The molecule has 0 spiro atoms. The van der Waals surface area contributed by atoms with Crippen LogP contribution in [-0.2, 0) is 14.8 Å². The van der Waals surface area contributed by atoms with Crippen molar-refractivity contribution in [1.29, 1.82) is 0 Å². The summed E-state index contributed by atoms with van der Waals surface area (Å²) in [5, 5.41) is 2.90. The fourth-order valence-electron chi connectivity index (χ4n) is 3.17. The van der Waals surface area contributed by atoms with Crippen LogP contribution < -0.4 is 5.32 Å². The minimum atomic E-state index is -3.64. The number of amides is 1. The SMILES string of the molecule is CC(=O)N[C@@H]1CN(S(=O)(=O)c2cccnc2)C[C@H]1c1ccc(C)cc1. The van der Waals surface area contributed by atoms with Crippen LogP contribution in [0.1, 0.15) is 24.0 Å². The molecule has 1 N–H and O–H groups in total. The molecule has 2 atom stereocenters. The van der Waals surface area contributed by atoms with Gasteiger partial charge >= 0.3 is 0 Å². The first-order chi connectivity index (χ1) is 11.9. The van der Waals surface area contributed by atoms with Crippen molar-refractivity contribution in [3.63, 3.8) is 0 Å². The number of aromatic nitrogens is 1. The fourth-order valence-corrected chi connectivity index (χ4v) is 4.63. The predicted molar refractivity (Wildman–Crippen MR) is 94.5 cm³/mol.